The summed E-state index contributed by atoms with van der Waals surface area (Å²) < 4.78 is 0. The Morgan fingerprint density at radius 1 is 1.35 bits per heavy atom. The van der Waals surface area contributed by atoms with E-state index in [1.165, 1.54) is 0 Å². The van der Waals surface area contributed by atoms with Crippen LogP contribution in [0.15, 0.2) is 29.3 Å². The van der Waals surface area contributed by atoms with Crippen LogP contribution in [0, 0.1) is 19.8 Å². The topological polar surface area (TPSA) is 108 Å². The van der Waals surface area contributed by atoms with E-state index < -0.39 is 0 Å². The first kappa shape index (κ1) is 18.3. The molecule has 0 saturated heterocycles. The first-order chi connectivity index (χ1) is 12.4. The van der Waals surface area contributed by atoms with Gasteiger partial charge in [-0.25, -0.2) is 4.98 Å². The van der Waals surface area contributed by atoms with Crippen molar-refractivity contribution in [3.63, 3.8) is 0 Å². The molecule has 7 heteroatoms. The van der Waals surface area contributed by atoms with Crippen LogP contribution in [0.5, 0.6) is 0 Å². The first-order valence-electron chi connectivity index (χ1n) is 8.85. The number of hydrogen-bond acceptors (Lipinski definition) is 5. The fourth-order valence-electron chi connectivity index (χ4n) is 3.44. The molecule has 1 aliphatic rings. The molecule has 2 aromatic rings. The van der Waals surface area contributed by atoms with Gasteiger partial charge < -0.3 is 15.4 Å². The molecule has 7 nitrogen and oxygen atoms in total. The molecular weight excluding hydrogens is 332 g/mol. The molecule has 0 spiro atoms. The van der Waals surface area contributed by atoms with Gasteiger partial charge in [0.1, 0.15) is 5.82 Å². The van der Waals surface area contributed by atoms with Gasteiger partial charge in [-0.1, -0.05) is 0 Å². The van der Waals surface area contributed by atoms with E-state index >= 15 is 0 Å². The molecule has 26 heavy (non-hydrogen) atoms. The Hall–Kier alpha value is -2.54. The Morgan fingerprint density at radius 2 is 2.04 bits per heavy atom. The predicted molar refractivity (Wildman–Crippen MR) is 96.6 cm³/mol. The van der Waals surface area contributed by atoms with Crippen LogP contribution >= 0.6 is 0 Å². The highest BCUT2D eigenvalue weighted by molar-refractivity contribution is 5.79. The molecule has 1 atom stereocenters. The summed E-state index contributed by atoms with van der Waals surface area (Å²) in [6, 6.07) is 3.77. The minimum Gasteiger partial charge on any atom is -0.393 e. The van der Waals surface area contributed by atoms with Crippen molar-refractivity contribution >= 4 is 5.91 Å². The van der Waals surface area contributed by atoms with Gasteiger partial charge in [0.2, 0.25) is 5.91 Å². The summed E-state index contributed by atoms with van der Waals surface area (Å²) in [7, 11) is 0. The molecule has 2 heterocycles. The van der Waals surface area contributed by atoms with Gasteiger partial charge in [-0.05, 0) is 56.7 Å². The van der Waals surface area contributed by atoms with Crippen LogP contribution in [0.25, 0.3) is 0 Å². The maximum Gasteiger partial charge on any atom is 0.254 e. The van der Waals surface area contributed by atoms with Crippen LogP contribution in [0.2, 0.25) is 0 Å². The Morgan fingerprint density at radius 3 is 2.65 bits per heavy atom. The van der Waals surface area contributed by atoms with Crippen LogP contribution in [0.4, 0.5) is 0 Å². The van der Waals surface area contributed by atoms with Gasteiger partial charge in [-0.2, -0.15) is 0 Å². The molecule has 0 radical (unpaired) electrons. The number of amides is 1. The largest absolute Gasteiger partial charge is 0.393 e. The van der Waals surface area contributed by atoms with Gasteiger partial charge in [0.05, 0.1) is 12.5 Å². The van der Waals surface area contributed by atoms with Crippen molar-refractivity contribution in [1.82, 2.24) is 20.3 Å². The summed E-state index contributed by atoms with van der Waals surface area (Å²) in [5, 5.41) is 12.7. The van der Waals surface area contributed by atoms with Crippen molar-refractivity contribution in [1.29, 1.82) is 0 Å². The molecule has 1 amide bonds. The van der Waals surface area contributed by atoms with Gasteiger partial charge in [0.15, 0.2) is 0 Å². The predicted octanol–water partition coefficient (Wildman–Crippen LogP) is 0.823. The number of aryl methyl sites for hydroxylation is 2. The molecule has 3 N–H and O–H groups in total. The molecule has 0 aliphatic heterocycles. The first-order valence-corrected chi connectivity index (χ1v) is 8.85. The van der Waals surface area contributed by atoms with Gasteiger partial charge >= 0.3 is 0 Å². The molecular formula is C19H24N4O3. The molecule has 2 aromatic heterocycles. The smallest absolute Gasteiger partial charge is 0.254 e. The molecule has 1 saturated carbocycles. The Labute approximate surface area is 151 Å². The summed E-state index contributed by atoms with van der Waals surface area (Å²) >= 11 is 0. The number of rotatable bonds is 6. The van der Waals surface area contributed by atoms with Gasteiger partial charge in [-0.3, -0.25) is 14.6 Å². The summed E-state index contributed by atoms with van der Waals surface area (Å²) in [5.74, 6) is 0.568. The number of aliphatic hydroxyl groups is 1. The van der Waals surface area contributed by atoms with Crippen molar-refractivity contribution in [2.24, 2.45) is 5.92 Å². The fourth-order valence-corrected chi connectivity index (χ4v) is 3.44. The number of hydrogen-bond donors (Lipinski definition) is 3. The van der Waals surface area contributed by atoms with Crippen LogP contribution < -0.4 is 10.9 Å². The molecule has 138 valence electrons. The van der Waals surface area contributed by atoms with E-state index in [0.717, 1.165) is 5.56 Å². The highest BCUT2D eigenvalue weighted by Gasteiger charge is 2.34. The highest BCUT2D eigenvalue weighted by Crippen LogP contribution is 2.31. The highest BCUT2D eigenvalue weighted by atomic mass is 16.3. The molecule has 1 aliphatic carbocycles. The molecule has 3 rings (SSSR count). The molecule has 1 unspecified atom stereocenters. The van der Waals surface area contributed by atoms with Gasteiger partial charge in [-0.15, -0.1) is 0 Å². The molecule has 0 bridgehead atoms. The lowest BCUT2D eigenvalue weighted by molar-refractivity contribution is -0.122. The second-order valence-electron chi connectivity index (χ2n) is 7.01. The Balaban J connectivity index is 1.70. The van der Waals surface area contributed by atoms with E-state index in [4.69, 9.17) is 0 Å². The van der Waals surface area contributed by atoms with Crippen molar-refractivity contribution in [3.8, 4) is 0 Å². The third kappa shape index (κ3) is 4.35. The van der Waals surface area contributed by atoms with E-state index in [-0.39, 0.29) is 36.0 Å². The van der Waals surface area contributed by atoms with Crippen molar-refractivity contribution in [2.45, 2.75) is 51.7 Å². The third-order valence-corrected chi connectivity index (χ3v) is 4.95. The summed E-state index contributed by atoms with van der Waals surface area (Å²) in [6.45, 7) is 3.45. The SMILES string of the molecule is Cc1nc(C)c(CC(=O)NC(Cc2ccncc2)C2CC(O)C2)c(=O)[nH]1. The number of pyridine rings is 1. The quantitative estimate of drug-likeness (QED) is 0.710. The number of nitrogens with zero attached hydrogens (tertiary/aromatic N) is 2. The average molecular weight is 356 g/mol. The van der Waals surface area contributed by atoms with Crippen molar-refractivity contribution < 1.29 is 9.90 Å². The van der Waals surface area contributed by atoms with E-state index in [0.29, 0.717) is 36.3 Å². The number of carbonyl (C=O) groups is 1. The zero-order valence-electron chi connectivity index (χ0n) is 15.0. The van der Waals surface area contributed by atoms with E-state index in [2.05, 4.69) is 20.3 Å². The summed E-state index contributed by atoms with van der Waals surface area (Å²) in [6.07, 6.45) is 5.20. The zero-order valence-corrected chi connectivity index (χ0v) is 15.0. The number of carbonyl (C=O) groups excluding carboxylic acids is 1. The second-order valence-corrected chi connectivity index (χ2v) is 7.01. The lowest BCUT2D eigenvalue weighted by Crippen LogP contribution is -2.48. The summed E-state index contributed by atoms with van der Waals surface area (Å²) in [5.41, 5.74) is 1.78. The Bertz CT molecular complexity index is 828. The lowest BCUT2D eigenvalue weighted by Gasteiger charge is -2.38. The zero-order chi connectivity index (χ0) is 18.7. The number of aromatic nitrogens is 3. The summed E-state index contributed by atoms with van der Waals surface area (Å²) in [4.78, 5) is 35.6. The molecule has 0 aromatic carbocycles. The van der Waals surface area contributed by atoms with E-state index in [1.54, 1.807) is 26.2 Å². The minimum absolute atomic E-state index is 0.00341. The van der Waals surface area contributed by atoms with E-state index in [1.807, 2.05) is 12.1 Å². The maximum atomic E-state index is 12.6. The van der Waals surface area contributed by atoms with E-state index in [9.17, 15) is 14.7 Å². The molecule has 1 fully saturated rings. The number of aliphatic hydroxyl groups excluding tert-OH is 1. The fraction of sp³-hybridized carbons (Fsp3) is 0.474. The van der Waals surface area contributed by atoms with Crippen molar-refractivity contribution in [3.05, 3.63) is 57.5 Å². The van der Waals surface area contributed by atoms with Crippen molar-refractivity contribution in [2.75, 3.05) is 0 Å². The number of nitrogens with one attached hydrogen (secondary N) is 2. The lowest BCUT2D eigenvalue weighted by atomic mass is 9.75. The third-order valence-electron chi connectivity index (χ3n) is 4.95. The monoisotopic (exact) mass is 356 g/mol. The van der Waals surface area contributed by atoms with Crippen LogP contribution in [0.3, 0.4) is 0 Å². The van der Waals surface area contributed by atoms with Crippen LogP contribution in [0.1, 0.15) is 35.5 Å². The number of aromatic amines is 1. The Kier molecular flexibility index (Phi) is 5.46. The standard InChI is InChI=1S/C19H24N4O3/c1-11-16(19(26)22-12(2)21-11)10-18(25)23-17(14-8-15(24)9-14)7-13-3-5-20-6-4-13/h3-6,14-15,17,24H,7-10H2,1-2H3,(H,23,25)(H,21,22,26). The van der Waals surface area contributed by atoms with Crippen LogP contribution in [-0.4, -0.2) is 38.1 Å². The average Bonchev–Trinajstić information content (AvgIpc) is 2.55. The minimum atomic E-state index is -0.289. The van der Waals surface area contributed by atoms with Gasteiger partial charge in [0, 0.05) is 29.7 Å². The van der Waals surface area contributed by atoms with Crippen LogP contribution in [-0.2, 0) is 17.6 Å². The number of H-pyrrole nitrogens is 1. The van der Waals surface area contributed by atoms with Gasteiger partial charge in [0.25, 0.3) is 5.56 Å². The maximum absolute atomic E-state index is 12.6. The normalized spacial score (nSPS) is 20.3. The second kappa shape index (κ2) is 7.78.